The number of para-hydroxylation sites is 1. The molecule has 20 nitrogen and oxygen atoms in total. The van der Waals surface area contributed by atoms with Gasteiger partial charge in [0.1, 0.15) is 23.6 Å². The van der Waals surface area contributed by atoms with Crippen molar-refractivity contribution in [3.8, 4) is 21.6 Å². The van der Waals surface area contributed by atoms with Crippen molar-refractivity contribution in [3.63, 3.8) is 0 Å². The molecule has 7 aromatic rings. The van der Waals surface area contributed by atoms with Crippen molar-refractivity contribution in [1.82, 2.24) is 49.9 Å². The van der Waals surface area contributed by atoms with Gasteiger partial charge >= 0.3 is 0 Å². The summed E-state index contributed by atoms with van der Waals surface area (Å²) in [6.45, 7) is 14.1. The zero-order valence-corrected chi connectivity index (χ0v) is 55.8. The third-order valence-corrected chi connectivity index (χ3v) is 23.5. The number of carbonyl (C=O) groups excluding carboxylic acids is 5. The summed E-state index contributed by atoms with van der Waals surface area (Å²) in [5.41, 5.74) is 9.20. The third kappa shape index (κ3) is 14.1. The van der Waals surface area contributed by atoms with Gasteiger partial charge < -0.3 is 30.4 Å². The molecule has 5 amide bonds. The molecule has 3 aromatic carbocycles. The Hall–Kier alpha value is -7.44. The molecule has 3 aliphatic heterocycles. The topological polar surface area (TPSA) is 254 Å². The van der Waals surface area contributed by atoms with Crippen LogP contribution in [0.4, 0.5) is 10.9 Å². The zero-order valence-electron chi connectivity index (χ0n) is 53.3. The summed E-state index contributed by atoms with van der Waals surface area (Å²) in [7, 11) is -4.20. The van der Waals surface area contributed by atoms with Gasteiger partial charge in [0.25, 0.3) is 11.8 Å². The first-order valence-electron chi connectivity index (χ1n) is 32.6. The lowest BCUT2D eigenvalue weighted by Crippen LogP contribution is -2.58. The number of carbonyl (C=O) groups is 5. The number of aliphatic hydroxyl groups is 1. The fourth-order valence-electron chi connectivity index (χ4n) is 14.4. The van der Waals surface area contributed by atoms with E-state index in [0.29, 0.717) is 105 Å². The Balaban J connectivity index is 0.675. The first kappa shape index (κ1) is 64.7. The Bertz CT molecular complexity index is 3950. The van der Waals surface area contributed by atoms with E-state index in [-0.39, 0.29) is 54.4 Å². The molecule has 486 valence electrons. The number of aryl methyl sites for hydroxylation is 1. The second-order valence-corrected chi connectivity index (χ2v) is 30.8. The highest BCUT2D eigenvalue weighted by Crippen LogP contribution is 2.37. The minimum atomic E-state index is -4.20. The Morgan fingerprint density at radius 3 is 2.26 bits per heavy atom. The first-order chi connectivity index (χ1) is 44.1. The van der Waals surface area contributed by atoms with Crippen molar-refractivity contribution in [2.75, 3.05) is 36.4 Å². The lowest BCUT2D eigenvalue weighted by molar-refractivity contribution is -0.145. The molecular weight excluding hydrogens is 1220 g/mol. The summed E-state index contributed by atoms with van der Waals surface area (Å²) in [6.07, 6.45) is 10.6. The number of β-amino-alcohol motifs (C(OH)–C–C–N with tert-alkyl or cyclic N) is 1. The second-order valence-electron chi connectivity index (χ2n) is 27.0. The van der Waals surface area contributed by atoms with Crippen molar-refractivity contribution in [3.05, 3.63) is 130 Å². The van der Waals surface area contributed by atoms with Gasteiger partial charge in [-0.2, -0.15) is 5.10 Å². The summed E-state index contributed by atoms with van der Waals surface area (Å²) in [6, 6.07) is 23.0. The molecule has 4 aromatic heterocycles. The number of nitrogens with one attached hydrogen (secondary N) is 4. The number of fused-ring (bicyclic) bond motifs is 2. The average Bonchev–Trinajstić information content (AvgIpc) is 1.36. The van der Waals surface area contributed by atoms with Crippen LogP contribution < -0.4 is 25.6 Å². The van der Waals surface area contributed by atoms with Crippen molar-refractivity contribution < 1.29 is 37.5 Å². The summed E-state index contributed by atoms with van der Waals surface area (Å²) in [4.78, 5) is 92.3. The van der Waals surface area contributed by atoms with Crippen LogP contribution in [0.5, 0.6) is 0 Å². The van der Waals surface area contributed by atoms with Crippen LogP contribution in [0.3, 0.4) is 0 Å². The number of hydrogen-bond donors (Lipinski definition) is 5. The highest BCUT2D eigenvalue weighted by atomic mass is 32.2. The van der Waals surface area contributed by atoms with Gasteiger partial charge in [-0.1, -0.05) is 99.9 Å². The molecule has 0 radical (unpaired) electrons. The number of likely N-dealkylation sites (tertiary alicyclic amines) is 2. The number of aromatic nitrogens is 5. The molecule has 0 spiro atoms. The van der Waals surface area contributed by atoms with E-state index in [1.807, 2.05) is 135 Å². The number of nitrogens with zero attached hydrogens (tertiary/aromatic N) is 8. The molecule has 2 saturated heterocycles. The highest BCUT2D eigenvalue weighted by molar-refractivity contribution is 7.90. The molecule has 92 heavy (non-hydrogen) atoms. The van der Waals surface area contributed by atoms with Gasteiger partial charge in [0, 0.05) is 66.9 Å². The fraction of sp³-hybridized carbons (Fsp3) is 0.493. The molecule has 2 aliphatic carbocycles. The lowest BCUT2D eigenvalue weighted by atomic mass is 9.82. The molecule has 7 heterocycles. The van der Waals surface area contributed by atoms with Gasteiger partial charge in [0.15, 0.2) is 5.13 Å². The van der Waals surface area contributed by atoms with Crippen molar-refractivity contribution >= 4 is 83.4 Å². The number of rotatable bonds is 17. The molecule has 0 bridgehead atoms. The second kappa shape index (κ2) is 27.3. The predicted molar refractivity (Wildman–Crippen MR) is 359 cm³/mol. The van der Waals surface area contributed by atoms with Crippen LogP contribution >= 0.6 is 22.7 Å². The monoisotopic (exact) mass is 1300 g/mol. The predicted octanol–water partition coefficient (Wildman–Crippen LogP) is 10.1. The minimum absolute atomic E-state index is 0.0244. The maximum absolute atomic E-state index is 14.8. The van der Waals surface area contributed by atoms with E-state index in [1.165, 1.54) is 35.5 Å². The number of sulfonamides is 1. The van der Waals surface area contributed by atoms with Gasteiger partial charge in [-0.05, 0) is 156 Å². The standard InChI is InChI=1S/C69H84N12O8S3/c1-41(45-19-21-47(22-20-45)61-42(2)70-40-90-61)72-65(85)57-35-50(82)38-80(57)67(87)62(69(4,5)6)75-63(83)48-23-25-49(26-24-48)78-33-30-51(31-34-78)92(88,89)77-66(86)60-52(54-36-71-81(43(54)3)37-44-13-8-7-9-14-44)27-28-59(74-60)79-32-29-46-15-12-16-53(55(46)39-79)64(84)76-68-73-56-17-10-11-18-58(56)91-68/h10-12,15-22,27-28,36,40-41,44,48-51,57,62,82H,7-9,13-14,23-26,29-35,37-39H2,1-6H3,(H,72,85)(H,75,83)(H,77,86)(H,73,76,84)/t41-,48?,49?,50+,57-,62+/m0/s1. The molecule has 5 aliphatic rings. The number of pyridine rings is 1. The Kier molecular flexibility index (Phi) is 19.2. The Labute approximate surface area is 546 Å². The number of hydrogen-bond acceptors (Lipinski definition) is 16. The summed E-state index contributed by atoms with van der Waals surface area (Å²) in [5.74, 6) is -1.49. The number of thiazole rings is 2. The molecule has 5 N–H and O–H groups in total. The largest absolute Gasteiger partial charge is 0.391 e. The van der Waals surface area contributed by atoms with Crippen molar-refractivity contribution in [1.29, 1.82) is 0 Å². The van der Waals surface area contributed by atoms with Crippen LogP contribution in [-0.4, -0.2) is 133 Å². The molecule has 23 heteroatoms. The SMILES string of the molecule is Cc1ncsc1-c1ccc([C@H](C)NC(=O)[C@@H]2C[C@@H](O)CN2C(=O)[C@@H](NC(=O)C2CCC(N3CCC(S(=O)(=O)NC(=O)c4nc(N5CCc6cccc(C(=O)Nc7nc8ccccc8s7)c6C5)ccc4-c4cnn(CC5CCCCC5)c4C)CC3)CC2)C(C)(C)C)cc1. The van der Waals surface area contributed by atoms with E-state index in [2.05, 4.69) is 35.5 Å². The van der Waals surface area contributed by atoms with Crippen LogP contribution in [0.1, 0.15) is 160 Å². The summed E-state index contributed by atoms with van der Waals surface area (Å²) >= 11 is 2.98. The van der Waals surface area contributed by atoms with E-state index in [1.54, 1.807) is 17.5 Å². The number of piperidine rings is 1. The maximum atomic E-state index is 14.8. The van der Waals surface area contributed by atoms with Crippen LogP contribution in [-0.2, 0) is 43.9 Å². The average molecular weight is 1310 g/mol. The van der Waals surface area contributed by atoms with Gasteiger partial charge in [-0.3, -0.25) is 34.0 Å². The Morgan fingerprint density at radius 1 is 0.793 bits per heavy atom. The number of aliphatic hydroxyl groups excluding tert-OH is 1. The normalized spacial score (nSPS) is 20.9. The van der Waals surface area contributed by atoms with Crippen LogP contribution in [0, 0.1) is 31.1 Å². The van der Waals surface area contributed by atoms with Gasteiger partial charge in [-0.25, -0.2) is 28.1 Å². The van der Waals surface area contributed by atoms with Crippen molar-refractivity contribution in [2.24, 2.45) is 17.3 Å². The molecule has 2 saturated carbocycles. The summed E-state index contributed by atoms with van der Waals surface area (Å²) in [5, 5.41) is 24.5. The highest BCUT2D eigenvalue weighted by Gasteiger charge is 2.46. The van der Waals surface area contributed by atoms with E-state index < -0.39 is 50.7 Å². The fourth-order valence-corrected chi connectivity index (χ4v) is 17.4. The quantitative estimate of drug-likeness (QED) is 0.0569. The van der Waals surface area contributed by atoms with Crippen LogP contribution in [0.25, 0.3) is 31.8 Å². The minimum Gasteiger partial charge on any atom is -0.391 e. The molecular formula is C69H84N12O8S3. The zero-order chi connectivity index (χ0) is 64.6. The lowest BCUT2D eigenvalue weighted by Gasteiger charge is -2.41. The number of amides is 5. The Morgan fingerprint density at radius 2 is 1.54 bits per heavy atom. The van der Waals surface area contributed by atoms with E-state index in [0.717, 1.165) is 68.1 Å². The van der Waals surface area contributed by atoms with Gasteiger partial charge in [-0.15, -0.1) is 11.3 Å². The number of benzene rings is 3. The van der Waals surface area contributed by atoms with Gasteiger partial charge in [0.2, 0.25) is 27.7 Å². The molecule has 4 atom stereocenters. The van der Waals surface area contributed by atoms with E-state index in [4.69, 9.17) is 10.1 Å². The van der Waals surface area contributed by atoms with Crippen LogP contribution in [0.15, 0.2) is 90.6 Å². The smallest absolute Gasteiger partial charge is 0.284 e. The molecule has 0 unspecified atom stereocenters. The molecule has 12 rings (SSSR count). The summed E-state index contributed by atoms with van der Waals surface area (Å²) < 4.78 is 34.4. The van der Waals surface area contributed by atoms with E-state index >= 15 is 0 Å². The molecule has 4 fully saturated rings. The third-order valence-electron chi connectivity index (χ3n) is 19.8. The first-order valence-corrected chi connectivity index (χ1v) is 35.9. The van der Waals surface area contributed by atoms with Crippen LogP contribution in [0.2, 0.25) is 0 Å². The van der Waals surface area contributed by atoms with Gasteiger partial charge in [0.05, 0.1) is 49.9 Å². The van der Waals surface area contributed by atoms with Crippen molar-refractivity contribution in [2.45, 2.75) is 174 Å². The maximum Gasteiger partial charge on any atom is 0.284 e. The van der Waals surface area contributed by atoms with E-state index in [9.17, 15) is 37.5 Å². The number of anilines is 2.